The summed E-state index contributed by atoms with van der Waals surface area (Å²) in [6.45, 7) is 0.183. The van der Waals surface area contributed by atoms with Crippen molar-refractivity contribution in [1.82, 2.24) is 0 Å². The minimum Gasteiger partial charge on any atom is -0.496 e. The SMILES string of the molecule is COc1ccc(C2CC(=O)Oc3cc4c(cc32)OCO4)c2ccccc12. The highest BCUT2D eigenvalue weighted by atomic mass is 16.7. The van der Waals surface area contributed by atoms with Gasteiger partial charge in [-0.15, -0.1) is 0 Å². The van der Waals surface area contributed by atoms with Crippen molar-refractivity contribution in [2.75, 3.05) is 13.9 Å². The second kappa shape index (κ2) is 5.66. The zero-order valence-electron chi connectivity index (χ0n) is 14.2. The van der Waals surface area contributed by atoms with Crippen molar-refractivity contribution in [2.45, 2.75) is 12.3 Å². The van der Waals surface area contributed by atoms with Gasteiger partial charge in [0.25, 0.3) is 0 Å². The molecule has 0 radical (unpaired) electrons. The summed E-state index contributed by atoms with van der Waals surface area (Å²) in [5.74, 6) is 2.28. The highest BCUT2D eigenvalue weighted by Crippen LogP contribution is 2.47. The lowest BCUT2D eigenvalue weighted by Crippen LogP contribution is -2.21. The molecule has 0 saturated carbocycles. The first-order chi connectivity index (χ1) is 12.7. The molecule has 26 heavy (non-hydrogen) atoms. The van der Waals surface area contributed by atoms with Crippen LogP contribution in [-0.2, 0) is 4.79 Å². The number of fused-ring (bicyclic) bond motifs is 3. The fourth-order valence-electron chi connectivity index (χ4n) is 3.79. The quantitative estimate of drug-likeness (QED) is 0.517. The third-order valence-electron chi connectivity index (χ3n) is 4.99. The van der Waals surface area contributed by atoms with Crippen LogP contribution < -0.4 is 18.9 Å². The average Bonchev–Trinajstić information content (AvgIpc) is 3.12. The fourth-order valence-corrected chi connectivity index (χ4v) is 3.79. The van der Waals surface area contributed by atoms with Crippen molar-refractivity contribution in [2.24, 2.45) is 0 Å². The molecule has 5 rings (SSSR count). The number of benzene rings is 3. The van der Waals surface area contributed by atoms with Crippen molar-refractivity contribution in [3.63, 3.8) is 0 Å². The number of carbonyl (C=O) groups is 1. The number of ether oxygens (including phenoxy) is 4. The fraction of sp³-hybridized carbons (Fsp3) is 0.190. The molecule has 2 aliphatic heterocycles. The molecule has 0 spiro atoms. The summed E-state index contributed by atoms with van der Waals surface area (Å²) < 4.78 is 21.9. The Bertz CT molecular complexity index is 1040. The van der Waals surface area contributed by atoms with E-state index in [1.807, 2.05) is 36.4 Å². The van der Waals surface area contributed by atoms with E-state index in [-0.39, 0.29) is 25.1 Å². The zero-order valence-corrected chi connectivity index (χ0v) is 14.2. The van der Waals surface area contributed by atoms with Crippen LogP contribution in [0.15, 0.2) is 48.5 Å². The predicted octanol–water partition coefficient (Wildman–Crippen LogP) is 4.02. The summed E-state index contributed by atoms with van der Waals surface area (Å²) >= 11 is 0. The van der Waals surface area contributed by atoms with Crippen LogP contribution in [0.25, 0.3) is 10.8 Å². The second-order valence-electron chi connectivity index (χ2n) is 6.38. The zero-order chi connectivity index (χ0) is 17.7. The minimum atomic E-state index is -0.249. The Hall–Kier alpha value is -3.21. The van der Waals surface area contributed by atoms with Gasteiger partial charge in [0.2, 0.25) is 6.79 Å². The average molecular weight is 348 g/mol. The van der Waals surface area contributed by atoms with Crippen LogP contribution in [0, 0.1) is 0 Å². The highest BCUT2D eigenvalue weighted by Gasteiger charge is 2.32. The first-order valence-corrected chi connectivity index (χ1v) is 8.44. The van der Waals surface area contributed by atoms with E-state index >= 15 is 0 Å². The van der Waals surface area contributed by atoms with Gasteiger partial charge in [-0.25, -0.2) is 0 Å². The minimum absolute atomic E-state index is 0.114. The monoisotopic (exact) mass is 348 g/mol. The molecule has 0 aromatic heterocycles. The Morgan fingerprint density at radius 2 is 1.69 bits per heavy atom. The maximum Gasteiger partial charge on any atom is 0.312 e. The molecule has 2 aliphatic rings. The van der Waals surface area contributed by atoms with E-state index in [1.165, 1.54) is 0 Å². The van der Waals surface area contributed by atoms with E-state index in [2.05, 4.69) is 6.07 Å². The number of esters is 1. The molecule has 0 amide bonds. The molecule has 0 saturated heterocycles. The van der Waals surface area contributed by atoms with Gasteiger partial charge >= 0.3 is 5.97 Å². The lowest BCUT2D eigenvalue weighted by atomic mass is 9.83. The molecule has 5 nitrogen and oxygen atoms in total. The van der Waals surface area contributed by atoms with Crippen LogP contribution in [0.1, 0.15) is 23.5 Å². The van der Waals surface area contributed by atoms with E-state index in [0.717, 1.165) is 27.6 Å². The topological polar surface area (TPSA) is 54.0 Å². The van der Waals surface area contributed by atoms with Crippen LogP contribution in [0.3, 0.4) is 0 Å². The molecule has 0 aliphatic carbocycles. The molecule has 5 heteroatoms. The van der Waals surface area contributed by atoms with E-state index in [0.29, 0.717) is 17.2 Å². The Morgan fingerprint density at radius 3 is 2.50 bits per heavy atom. The second-order valence-corrected chi connectivity index (χ2v) is 6.38. The molecule has 3 aromatic rings. The van der Waals surface area contributed by atoms with E-state index in [4.69, 9.17) is 18.9 Å². The molecular weight excluding hydrogens is 332 g/mol. The van der Waals surface area contributed by atoms with Crippen LogP contribution in [-0.4, -0.2) is 19.9 Å². The normalized spacial score (nSPS) is 17.7. The van der Waals surface area contributed by atoms with Gasteiger partial charge in [-0.1, -0.05) is 30.3 Å². The third-order valence-corrected chi connectivity index (χ3v) is 4.99. The number of methoxy groups -OCH3 is 1. The van der Waals surface area contributed by atoms with E-state index in [9.17, 15) is 4.79 Å². The Morgan fingerprint density at radius 1 is 0.923 bits per heavy atom. The maximum atomic E-state index is 12.2. The summed E-state index contributed by atoms with van der Waals surface area (Å²) in [6.07, 6.45) is 0.281. The van der Waals surface area contributed by atoms with Crippen LogP contribution >= 0.6 is 0 Å². The van der Waals surface area contributed by atoms with Crippen LogP contribution in [0.2, 0.25) is 0 Å². The van der Waals surface area contributed by atoms with Gasteiger partial charge in [0.05, 0.1) is 13.5 Å². The molecule has 0 N–H and O–H groups in total. The summed E-state index contributed by atoms with van der Waals surface area (Å²) in [5.41, 5.74) is 2.00. The van der Waals surface area contributed by atoms with Gasteiger partial charge in [0.1, 0.15) is 11.5 Å². The molecule has 0 bridgehead atoms. The highest BCUT2D eigenvalue weighted by molar-refractivity contribution is 5.93. The number of hydrogen-bond donors (Lipinski definition) is 0. The molecule has 1 unspecified atom stereocenters. The first-order valence-electron chi connectivity index (χ1n) is 8.44. The lowest BCUT2D eigenvalue weighted by molar-refractivity contribution is -0.135. The summed E-state index contributed by atoms with van der Waals surface area (Å²) in [4.78, 5) is 12.2. The maximum absolute atomic E-state index is 12.2. The van der Waals surface area contributed by atoms with Gasteiger partial charge in [-0.2, -0.15) is 0 Å². The summed E-state index contributed by atoms with van der Waals surface area (Å²) in [6, 6.07) is 15.7. The van der Waals surface area contributed by atoms with Gasteiger partial charge in [0.15, 0.2) is 11.5 Å². The van der Waals surface area contributed by atoms with Crippen molar-refractivity contribution in [1.29, 1.82) is 0 Å². The summed E-state index contributed by atoms with van der Waals surface area (Å²) in [5, 5.41) is 2.09. The van der Waals surface area contributed by atoms with Crippen molar-refractivity contribution in [3.05, 3.63) is 59.7 Å². The van der Waals surface area contributed by atoms with Crippen LogP contribution in [0.4, 0.5) is 0 Å². The van der Waals surface area contributed by atoms with Crippen molar-refractivity contribution < 1.29 is 23.7 Å². The first kappa shape index (κ1) is 15.1. The molecule has 130 valence electrons. The molecular formula is C21H16O5. The van der Waals surface area contributed by atoms with Crippen molar-refractivity contribution >= 4 is 16.7 Å². The standard InChI is InChI=1S/C21H16O5/c1-23-17-7-6-13(12-4-2-3-5-14(12)17)15-9-21(22)26-18-10-20-19(8-16(15)18)24-11-25-20/h2-8,10,15H,9,11H2,1H3. The summed E-state index contributed by atoms with van der Waals surface area (Å²) in [7, 11) is 1.66. The largest absolute Gasteiger partial charge is 0.496 e. The molecule has 3 aromatic carbocycles. The number of carbonyl (C=O) groups excluding carboxylic acids is 1. The number of rotatable bonds is 2. The Balaban J connectivity index is 1.73. The lowest BCUT2D eigenvalue weighted by Gasteiger charge is -2.26. The Kier molecular flexibility index (Phi) is 3.28. The smallest absolute Gasteiger partial charge is 0.312 e. The number of hydrogen-bond acceptors (Lipinski definition) is 5. The van der Waals surface area contributed by atoms with E-state index < -0.39 is 0 Å². The Labute approximate surface area is 150 Å². The van der Waals surface area contributed by atoms with Gasteiger partial charge in [-0.3, -0.25) is 4.79 Å². The van der Waals surface area contributed by atoms with Crippen molar-refractivity contribution in [3.8, 4) is 23.0 Å². The molecule has 1 atom stereocenters. The van der Waals surface area contributed by atoms with Gasteiger partial charge in [-0.05, 0) is 23.1 Å². The van der Waals surface area contributed by atoms with Gasteiger partial charge < -0.3 is 18.9 Å². The predicted molar refractivity (Wildman–Crippen MR) is 95.2 cm³/mol. The molecule has 2 heterocycles. The third kappa shape index (κ3) is 2.20. The van der Waals surface area contributed by atoms with Crippen LogP contribution in [0.5, 0.6) is 23.0 Å². The molecule has 0 fully saturated rings. The van der Waals surface area contributed by atoms with Gasteiger partial charge in [0, 0.05) is 22.9 Å². The van der Waals surface area contributed by atoms with E-state index in [1.54, 1.807) is 13.2 Å².